The van der Waals surface area contributed by atoms with Gasteiger partial charge < -0.3 is 0 Å². The first-order valence-electron chi connectivity index (χ1n) is 9.38. The fourth-order valence-corrected chi connectivity index (χ4v) is 3.40. The van der Waals surface area contributed by atoms with E-state index in [1.807, 2.05) is 13.1 Å². The Balaban J connectivity index is 1.55. The van der Waals surface area contributed by atoms with Gasteiger partial charge in [-0.05, 0) is 38.8 Å². The lowest BCUT2D eigenvalue weighted by atomic mass is 9.92. The van der Waals surface area contributed by atoms with Crippen molar-refractivity contribution in [2.24, 2.45) is 5.92 Å². The van der Waals surface area contributed by atoms with Crippen LogP contribution in [0.2, 0.25) is 0 Å². The van der Waals surface area contributed by atoms with Gasteiger partial charge in [0.25, 0.3) is 5.56 Å². The molecule has 2 aromatic rings. The smallest absolute Gasteiger partial charge is 0.253 e. The zero-order chi connectivity index (χ0) is 18.7. The predicted molar refractivity (Wildman–Crippen MR) is 102 cm³/mol. The Hall–Kier alpha value is -2.08. The van der Waals surface area contributed by atoms with Gasteiger partial charge in [0.05, 0.1) is 23.4 Å². The summed E-state index contributed by atoms with van der Waals surface area (Å²) in [5, 5.41) is 0. The summed E-state index contributed by atoms with van der Waals surface area (Å²) in [4.78, 5) is 28.1. The maximum absolute atomic E-state index is 12.4. The topological polar surface area (TPSA) is 63.9 Å². The first kappa shape index (κ1) is 18.7. The highest BCUT2D eigenvalue weighted by Gasteiger charge is 2.21. The van der Waals surface area contributed by atoms with Crippen LogP contribution in [0.25, 0.3) is 0 Å². The first-order chi connectivity index (χ1) is 12.3. The minimum atomic E-state index is -0.0950. The number of rotatable bonds is 4. The third-order valence-electron chi connectivity index (χ3n) is 5.00. The molecule has 1 saturated heterocycles. The van der Waals surface area contributed by atoms with E-state index >= 15 is 0 Å². The molecule has 0 radical (unpaired) electrons. The van der Waals surface area contributed by atoms with E-state index in [0.717, 1.165) is 56.1 Å². The molecule has 2 aromatic heterocycles. The molecule has 140 valence electrons. The molecule has 6 nitrogen and oxygen atoms in total. The van der Waals surface area contributed by atoms with Gasteiger partial charge in [0, 0.05) is 37.0 Å². The number of nitrogens with zero attached hydrogens (tertiary/aromatic N) is 5. The molecule has 0 aromatic carbocycles. The van der Waals surface area contributed by atoms with Gasteiger partial charge in [0.2, 0.25) is 0 Å². The average molecular weight is 355 g/mol. The van der Waals surface area contributed by atoms with Crippen molar-refractivity contribution in [3.63, 3.8) is 0 Å². The van der Waals surface area contributed by atoms with Gasteiger partial charge in [0.1, 0.15) is 0 Å². The van der Waals surface area contributed by atoms with Crippen molar-refractivity contribution >= 4 is 0 Å². The molecular weight excluding hydrogens is 326 g/mol. The summed E-state index contributed by atoms with van der Waals surface area (Å²) in [5.41, 5.74) is 2.81. The van der Waals surface area contributed by atoms with Crippen molar-refractivity contribution in [3.8, 4) is 0 Å². The number of likely N-dealkylation sites (tertiary alicyclic amines) is 1. The van der Waals surface area contributed by atoms with Crippen molar-refractivity contribution in [3.05, 3.63) is 52.2 Å². The van der Waals surface area contributed by atoms with E-state index in [1.54, 1.807) is 23.2 Å². The van der Waals surface area contributed by atoms with E-state index < -0.39 is 0 Å². The van der Waals surface area contributed by atoms with Crippen LogP contribution >= 0.6 is 0 Å². The molecule has 0 atom stereocenters. The van der Waals surface area contributed by atoms with Crippen LogP contribution in [0.3, 0.4) is 0 Å². The molecule has 0 aliphatic carbocycles. The molecule has 1 fully saturated rings. The summed E-state index contributed by atoms with van der Waals surface area (Å²) in [6.45, 7) is 11.9. The molecule has 0 bridgehead atoms. The number of hydrogen-bond donors (Lipinski definition) is 0. The number of hydrogen-bond acceptors (Lipinski definition) is 5. The van der Waals surface area contributed by atoms with Gasteiger partial charge in [-0.15, -0.1) is 0 Å². The van der Waals surface area contributed by atoms with Crippen molar-refractivity contribution in [1.29, 1.82) is 0 Å². The third-order valence-corrected chi connectivity index (χ3v) is 5.00. The molecule has 0 spiro atoms. The summed E-state index contributed by atoms with van der Waals surface area (Å²) in [6, 6.07) is 1.69. The average Bonchev–Trinajstić information content (AvgIpc) is 2.57. The van der Waals surface area contributed by atoms with E-state index in [9.17, 15) is 4.79 Å². The summed E-state index contributed by atoms with van der Waals surface area (Å²) in [5.74, 6) is 0.523. The molecule has 0 saturated carbocycles. The summed E-state index contributed by atoms with van der Waals surface area (Å²) >= 11 is 0. The van der Waals surface area contributed by atoms with Crippen LogP contribution in [0.1, 0.15) is 50.7 Å². The largest absolute Gasteiger partial charge is 0.299 e. The normalized spacial score (nSPS) is 16.8. The van der Waals surface area contributed by atoms with Crippen LogP contribution in [0, 0.1) is 12.8 Å². The number of aryl methyl sites for hydroxylation is 1. The van der Waals surface area contributed by atoms with Crippen LogP contribution in [0.4, 0.5) is 0 Å². The Morgan fingerprint density at radius 1 is 1.19 bits per heavy atom. The molecule has 26 heavy (non-hydrogen) atoms. The van der Waals surface area contributed by atoms with Gasteiger partial charge in [-0.1, -0.05) is 20.8 Å². The van der Waals surface area contributed by atoms with Crippen molar-refractivity contribution in [1.82, 2.24) is 24.4 Å². The Kier molecular flexibility index (Phi) is 5.51. The molecule has 6 heteroatoms. The second kappa shape index (κ2) is 7.66. The van der Waals surface area contributed by atoms with E-state index in [1.165, 1.54) is 0 Å². The third kappa shape index (κ3) is 4.75. The lowest BCUT2D eigenvalue weighted by molar-refractivity contribution is 0.164. The molecule has 0 unspecified atom stereocenters. The highest BCUT2D eigenvalue weighted by molar-refractivity contribution is 5.10. The zero-order valence-electron chi connectivity index (χ0n) is 16.3. The van der Waals surface area contributed by atoms with Gasteiger partial charge in [-0.25, -0.2) is 4.98 Å². The monoisotopic (exact) mass is 355 g/mol. The Morgan fingerprint density at radius 3 is 2.54 bits per heavy atom. The van der Waals surface area contributed by atoms with E-state index in [0.29, 0.717) is 5.92 Å². The standard InChI is InChI=1S/C20H29N5O/c1-15-10-21-11-17(23-15)13-24-7-5-16(6-8-24)12-25-14-22-18(9-19(25)26)20(2,3)4/h9-11,14,16H,5-8,12-13H2,1-4H3. The van der Waals surface area contributed by atoms with Gasteiger partial charge >= 0.3 is 0 Å². The van der Waals surface area contributed by atoms with Gasteiger partial charge in [-0.3, -0.25) is 24.2 Å². The summed E-state index contributed by atoms with van der Waals surface area (Å²) in [6.07, 6.45) is 7.53. The van der Waals surface area contributed by atoms with E-state index in [-0.39, 0.29) is 11.0 Å². The molecule has 3 heterocycles. The van der Waals surface area contributed by atoms with Crippen molar-refractivity contribution in [2.45, 2.75) is 59.0 Å². The lowest BCUT2D eigenvalue weighted by Gasteiger charge is -2.32. The minimum absolute atomic E-state index is 0.0578. The lowest BCUT2D eigenvalue weighted by Crippen LogP contribution is -2.36. The van der Waals surface area contributed by atoms with E-state index in [2.05, 4.69) is 40.6 Å². The minimum Gasteiger partial charge on any atom is -0.299 e. The molecule has 1 aliphatic heterocycles. The second-order valence-electron chi connectivity index (χ2n) is 8.39. The summed E-state index contributed by atoms with van der Waals surface area (Å²) < 4.78 is 1.77. The maximum Gasteiger partial charge on any atom is 0.253 e. The number of piperidine rings is 1. The van der Waals surface area contributed by atoms with Gasteiger partial charge in [-0.2, -0.15) is 0 Å². The van der Waals surface area contributed by atoms with Gasteiger partial charge in [0.15, 0.2) is 0 Å². The van der Waals surface area contributed by atoms with E-state index in [4.69, 9.17) is 0 Å². The fourth-order valence-electron chi connectivity index (χ4n) is 3.40. The first-order valence-corrected chi connectivity index (χ1v) is 9.38. The zero-order valence-corrected chi connectivity index (χ0v) is 16.3. The van der Waals surface area contributed by atoms with Crippen LogP contribution in [0.5, 0.6) is 0 Å². The molecule has 0 N–H and O–H groups in total. The Bertz CT molecular complexity index is 800. The second-order valence-corrected chi connectivity index (χ2v) is 8.39. The Morgan fingerprint density at radius 2 is 1.92 bits per heavy atom. The quantitative estimate of drug-likeness (QED) is 0.843. The molecule has 3 rings (SSSR count). The highest BCUT2D eigenvalue weighted by atomic mass is 16.1. The fraction of sp³-hybridized carbons (Fsp3) is 0.600. The molecule has 1 aliphatic rings. The molecule has 0 amide bonds. The SMILES string of the molecule is Cc1cncc(CN2CCC(Cn3cnc(C(C)(C)C)cc3=O)CC2)n1. The highest BCUT2D eigenvalue weighted by Crippen LogP contribution is 2.21. The number of aromatic nitrogens is 4. The predicted octanol–water partition coefficient (Wildman–Crippen LogP) is 2.55. The van der Waals surface area contributed by atoms with Crippen LogP contribution < -0.4 is 5.56 Å². The van der Waals surface area contributed by atoms with Crippen LogP contribution in [0.15, 0.2) is 29.6 Å². The Labute approximate surface area is 155 Å². The summed E-state index contributed by atoms with van der Waals surface area (Å²) in [7, 11) is 0. The van der Waals surface area contributed by atoms with Crippen LogP contribution in [-0.4, -0.2) is 37.5 Å². The molecular formula is C20H29N5O. The van der Waals surface area contributed by atoms with Crippen molar-refractivity contribution in [2.75, 3.05) is 13.1 Å². The maximum atomic E-state index is 12.4. The van der Waals surface area contributed by atoms with Crippen LogP contribution in [-0.2, 0) is 18.5 Å². The van der Waals surface area contributed by atoms with Crippen molar-refractivity contribution < 1.29 is 0 Å².